The molecule has 0 aliphatic carbocycles. The second kappa shape index (κ2) is 8.90. The van der Waals surface area contributed by atoms with Gasteiger partial charge >= 0.3 is 139 Å². The fourth-order valence-corrected chi connectivity index (χ4v) is 19.4. The van der Waals surface area contributed by atoms with Crippen molar-refractivity contribution in [2.24, 2.45) is 0 Å². The Balaban J connectivity index is 2.42. The molecule has 0 fully saturated rings. The number of aromatic nitrogens is 3. The third kappa shape index (κ3) is 4.03. The topological polar surface area (TPSA) is 30.2 Å². The van der Waals surface area contributed by atoms with Crippen molar-refractivity contribution in [1.29, 1.82) is 0 Å². The van der Waals surface area contributed by atoms with Crippen LogP contribution in [0.1, 0.15) is 59.3 Å². The Morgan fingerprint density at radius 1 is 0.955 bits per heavy atom. The van der Waals surface area contributed by atoms with Crippen LogP contribution >= 0.6 is 0 Å². The van der Waals surface area contributed by atoms with Crippen molar-refractivity contribution in [3.63, 3.8) is 0 Å². The summed E-state index contributed by atoms with van der Waals surface area (Å²) in [5.74, 6) is 0. The monoisotopic (exact) mass is 409 g/mol. The quantitative estimate of drug-likeness (QED) is 0.530. The number of unbranched alkanes of at least 4 members (excludes halogenated alkanes) is 3. The van der Waals surface area contributed by atoms with Gasteiger partial charge in [0.25, 0.3) is 0 Å². The number of nitrogens with zero attached hydrogens (tertiary/aromatic N) is 3. The Kier molecular flexibility index (Phi) is 7.19. The van der Waals surface area contributed by atoms with Crippen molar-refractivity contribution in [3.05, 3.63) is 24.5 Å². The normalized spacial score (nSPS) is 12.1. The van der Waals surface area contributed by atoms with Gasteiger partial charge in [0.2, 0.25) is 0 Å². The molecule has 0 atom stereocenters. The summed E-state index contributed by atoms with van der Waals surface area (Å²) >= 11 is -2.41. The van der Waals surface area contributed by atoms with Gasteiger partial charge in [0.1, 0.15) is 0 Å². The summed E-state index contributed by atoms with van der Waals surface area (Å²) < 4.78 is 8.12. The van der Waals surface area contributed by atoms with E-state index in [0.29, 0.717) is 0 Å². The molecule has 3 nitrogen and oxygen atoms in total. The molecule has 0 aromatic carbocycles. The summed E-state index contributed by atoms with van der Waals surface area (Å²) in [5.41, 5.74) is 1.03. The Morgan fingerprint density at radius 3 is 2.09 bits per heavy atom. The summed E-state index contributed by atoms with van der Waals surface area (Å²) in [5, 5.41) is 4.64. The third-order valence-corrected chi connectivity index (χ3v) is 20.1. The zero-order valence-electron chi connectivity index (χ0n) is 14.5. The van der Waals surface area contributed by atoms with Gasteiger partial charge in [0.15, 0.2) is 0 Å². The molecule has 0 saturated heterocycles. The van der Waals surface area contributed by atoms with Gasteiger partial charge in [-0.25, -0.2) is 0 Å². The van der Waals surface area contributed by atoms with Crippen LogP contribution in [0.2, 0.25) is 13.3 Å². The van der Waals surface area contributed by atoms with E-state index < -0.39 is 18.4 Å². The fourth-order valence-electron chi connectivity index (χ4n) is 3.50. The Hall–Kier alpha value is -0.581. The number of hydrogen-bond acceptors (Lipinski definition) is 2. The van der Waals surface area contributed by atoms with Gasteiger partial charge in [-0.15, -0.1) is 0 Å². The molecule has 0 radical (unpaired) electrons. The molecule has 0 aliphatic rings. The summed E-state index contributed by atoms with van der Waals surface area (Å²) in [6, 6.07) is 4.08. The average molecular weight is 408 g/mol. The predicted molar refractivity (Wildman–Crippen MR) is 97.5 cm³/mol. The van der Waals surface area contributed by atoms with Gasteiger partial charge in [0.05, 0.1) is 0 Å². The van der Waals surface area contributed by atoms with E-state index in [2.05, 4.69) is 47.6 Å². The molecule has 2 aromatic rings. The Bertz CT molecular complexity index is 542. The Morgan fingerprint density at radius 2 is 1.55 bits per heavy atom. The van der Waals surface area contributed by atoms with Crippen LogP contribution < -0.4 is 3.71 Å². The number of hydrogen-bond donors (Lipinski definition) is 0. The van der Waals surface area contributed by atoms with E-state index in [9.17, 15) is 0 Å². The zero-order chi connectivity index (χ0) is 15.8. The van der Waals surface area contributed by atoms with Crippen LogP contribution in [0.4, 0.5) is 0 Å². The van der Waals surface area contributed by atoms with E-state index >= 15 is 0 Å². The van der Waals surface area contributed by atoms with E-state index in [-0.39, 0.29) is 0 Å². The molecule has 4 heteroatoms. The number of imidazole rings is 1. The third-order valence-electron chi connectivity index (χ3n) is 4.85. The first-order chi connectivity index (χ1) is 10.8. The van der Waals surface area contributed by atoms with Crippen LogP contribution in [0.15, 0.2) is 24.5 Å². The molecule has 2 aromatic heterocycles. The van der Waals surface area contributed by atoms with Gasteiger partial charge in [-0.1, -0.05) is 0 Å². The molecule has 122 valence electrons. The van der Waals surface area contributed by atoms with Crippen LogP contribution in [0, 0.1) is 0 Å². The van der Waals surface area contributed by atoms with Crippen molar-refractivity contribution in [1.82, 2.24) is 14.6 Å². The molecular formula is C18H31N3Sn. The summed E-state index contributed by atoms with van der Waals surface area (Å²) in [6.07, 6.45) is 12.1. The molecule has 22 heavy (non-hydrogen) atoms. The van der Waals surface area contributed by atoms with Crippen LogP contribution in [0.3, 0.4) is 0 Å². The second-order valence-corrected chi connectivity index (χ2v) is 19.6. The zero-order valence-corrected chi connectivity index (χ0v) is 17.4. The van der Waals surface area contributed by atoms with Gasteiger partial charge in [-0.3, -0.25) is 0 Å². The first-order valence-electron chi connectivity index (χ1n) is 9.06. The molecule has 0 saturated carbocycles. The molecule has 2 heterocycles. The average Bonchev–Trinajstić information content (AvgIpc) is 2.99. The predicted octanol–water partition coefficient (Wildman–Crippen LogP) is 4.79. The van der Waals surface area contributed by atoms with E-state index in [1.807, 2.05) is 12.3 Å². The second-order valence-electron chi connectivity index (χ2n) is 6.53. The van der Waals surface area contributed by atoms with Crippen molar-refractivity contribution in [3.8, 4) is 0 Å². The van der Waals surface area contributed by atoms with Crippen LogP contribution in [-0.4, -0.2) is 33.0 Å². The molecule has 2 rings (SSSR count). The van der Waals surface area contributed by atoms with Gasteiger partial charge in [-0.2, -0.15) is 0 Å². The number of fused-ring (bicyclic) bond motifs is 1. The molecule has 0 unspecified atom stereocenters. The van der Waals surface area contributed by atoms with Crippen LogP contribution in [0.5, 0.6) is 0 Å². The van der Waals surface area contributed by atoms with E-state index in [1.54, 1.807) is 3.71 Å². The first-order valence-corrected chi connectivity index (χ1v) is 16.5. The standard InChI is InChI=1S/C6H4N3.3C4H9.Sn/c1-2-6-7-4-5-9(6)8-3-1;3*1-3-4-2;/h1-4H;3*1,3-4H2,2H3;. The van der Waals surface area contributed by atoms with Crippen LogP contribution in [0.25, 0.3) is 5.65 Å². The van der Waals surface area contributed by atoms with Crippen molar-refractivity contribution < 1.29 is 0 Å². The van der Waals surface area contributed by atoms with Crippen molar-refractivity contribution in [2.75, 3.05) is 0 Å². The minimum atomic E-state index is -2.41. The summed E-state index contributed by atoms with van der Waals surface area (Å²) in [6.45, 7) is 6.97. The van der Waals surface area contributed by atoms with Crippen molar-refractivity contribution in [2.45, 2.75) is 72.6 Å². The fraction of sp³-hybridized carbons (Fsp3) is 0.667. The Labute approximate surface area is 139 Å². The SMILES string of the molecule is CCC[CH2][Sn]([CH2]CCC)([CH2]CCC)[c]1cnc2cccnn12. The molecular weight excluding hydrogens is 377 g/mol. The maximum absolute atomic E-state index is 4.66. The van der Waals surface area contributed by atoms with E-state index in [0.717, 1.165) is 5.65 Å². The summed E-state index contributed by atoms with van der Waals surface area (Å²) in [7, 11) is 0. The summed E-state index contributed by atoms with van der Waals surface area (Å²) in [4.78, 5) is 4.66. The van der Waals surface area contributed by atoms with Crippen molar-refractivity contribution >= 4 is 27.7 Å². The van der Waals surface area contributed by atoms with Gasteiger partial charge in [-0.05, 0) is 0 Å². The molecule has 0 bridgehead atoms. The van der Waals surface area contributed by atoms with Crippen LogP contribution in [-0.2, 0) is 0 Å². The minimum absolute atomic E-state index is 1.03. The van der Waals surface area contributed by atoms with Gasteiger partial charge < -0.3 is 0 Å². The van der Waals surface area contributed by atoms with E-state index in [1.165, 1.54) is 51.8 Å². The maximum atomic E-state index is 4.66. The van der Waals surface area contributed by atoms with Gasteiger partial charge in [0, 0.05) is 0 Å². The molecule has 0 amide bonds. The molecule has 0 aliphatic heterocycles. The molecule has 0 N–H and O–H groups in total. The molecule has 0 spiro atoms. The first kappa shape index (κ1) is 17.8. The number of rotatable bonds is 10. The van der Waals surface area contributed by atoms with E-state index in [4.69, 9.17) is 0 Å².